The highest BCUT2D eigenvalue weighted by atomic mass is 79.9. The molecule has 20 heavy (non-hydrogen) atoms. The molecule has 0 aliphatic carbocycles. The van der Waals surface area contributed by atoms with Crippen molar-refractivity contribution in [2.45, 2.75) is 6.42 Å². The van der Waals surface area contributed by atoms with E-state index in [-0.39, 0.29) is 5.91 Å². The van der Waals surface area contributed by atoms with Crippen LogP contribution in [0.15, 0.2) is 28.9 Å². The van der Waals surface area contributed by atoms with Crippen molar-refractivity contribution in [3.63, 3.8) is 0 Å². The van der Waals surface area contributed by atoms with Crippen molar-refractivity contribution in [3.05, 3.63) is 50.7 Å². The lowest BCUT2D eigenvalue weighted by molar-refractivity contribution is -0.0757. The van der Waals surface area contributed by atoms with Crippen LogP contribution in [0.1, 0.15) is 21.6 Å². The van der Waals surface area contributed by atoms with Gasteiger partial charge in [0.05, 0.1) is 29.6 Å². The second kappa shape index (κ2) is 6.39. The fraction of sp³-hybridized carbons (Fsp3) is 0.231. The van der Waals surface area contributed by atoms with Gasteiger partial charge in [0, 0.05) is 17.9 Å². The first-order valence-electron chi connectivity index (χ1n) is 5.82. The Morgan fingerprint density at radius 3 is 3.00 bits per heavy atom. The standard InChI is InChI=1S/C13H13BrClN3O2/c1-18(20-2)13(19)9-7-16-17-11(9)6-8-4-3-5-10(15)12(8)14/h3-5,7H,6H2,1-2H3,(H,16,17). The topological polar surface area (TPSA) is 58.2 Å². The van der Waals surface area contributed by atoms with Crippen molar-refractivity contribution in [2.75, 3.05) is 14.2 Å². The summed E-state index contributed by atoms with van der Waals surface area (Å²) in [6.45, 7) is 0. The second-order valence-electron chi connectivity index (χ2n) is 4.14. The van der Waals surface area contributed by atoms with Gasteiger partial charge in [0.15, 0.2) is 0 Å². The van der Waals surface area contributed by atoms with Gasteiger partial charge < -0.3 is 0 Å². The molecule has 0 saturated carbocycles. The highest BCUT2D eigenvalue weighted by Gasteiger charge is 2.18. The molecule has 0 aliphatic heterocycles. The van der Waals surface area contributed by atoms with Crippen molar-refractivity contribution in [1.82, 2.24) is 15.3 Å². The summed E-state index contributed by atoms with van der Waals surface area (Å²) in [7, 11) is 2.99. The molecule has 0 spiro atoms. The van der Waals surface area contributed by atoms with Gasteiger partial charge in [0.2, 0.25) is 0 Å². The number of aromatic nitrogens is 2. The fourth-order valence-electron chi connectivity index (χ4n) is 1.76. The predicted octanol–water partition coefficient (Wildman–Crippen LogP) is 3.05. The first kappa shape index (κ1) is 15.0. The number of hydrogen-bond acceptors (Lipinski definition) is 3. The molecule has 1 N–H and O–H groups in total. The summed E-state index contributed by atoms with van der Waals surface area (Å²) in [4.78, 5) is 17.0. The Morgan fingerprint density at radius 1 is 1.55 bits per heavy atom. The first-order chi connectivity index (χ1) is 9.54. The third-order valence-corrected chi connectivity index (χ3v) is 4.39. The van der Waals surface area contributed by atoms with E-state index in [1.165, 1.54) is 13.3 Å². The van der Waals surface area contributed by atoms with E-state index in [9.17, 15) is 4.79 Å². The predicted molar refractivity (Wildman–Crippen MR) is 79.6 cm³/mol. The average Bonchev–Trinajstić information content (AvgIpc) is 2.90. The number of aromatic amines is 1. The molecule has 5 nitrogen and oxygen atoms in total. The lowest BCUT2D eigenvalue weighted by atomic mass is 10.1. The number of nitrogens with zero attached hydrogens (tertiary/aromatic N) is 2. The van der Waals surface area contributed by atoms with E-state index in [4.69, 9.17) is 16.4 Å². The Labute approximate surface area is 130 Å². The van der Waals surface area contributed by atoms with E-state index in [2.05, 4.69) is 26.1 Å². The number of hydroxylamine groups is 2. The minimum absolute atomic E-state index is 0.255. The Kier molecular flexibility index (Phi) is 4.80. The van der Waals surface area contributed by atoms with Crippen LogP contribution in [0.4, 0.5) is 0 Å². The summed E-state index contributed by atoms with van der Waals surface area (Å²) in [5, 5.41) is 8.56. The van der Waals surface area contributed by atoms with Gasteiger partial charge in [-0.05, 0) is 27.6 Å². The number of benzene rings is 1. The van der Waals surface area contributed by atoms with Gasteiger partial charge in [-0.25, -0.2) is 5.06 Å². The van der Waals surface area contributed by atoms with Crippen LogP contribution in [0.3, 0.4) is 0 Å². The molecule has 0 saturated heterocycles. The molecule has 1 heterocycles. The molecule has 7 heteroatoms. The number of carbonyl (C=O) groups is 1. The Bertz CT molecular complexity index is 630. The van der Waals surface area contributed by atoms with Crippen molar-refractivity contribution >= 4 is 33.4 Å². The van der Waals surface area contributed by atoms with E-state index < -0.39 is 0 Å². The maximum Gasteiger partial charge on any atom is 0.280 e. The number of rotatable bonds is 4. The molecule has 1 aromatic heterocycles. The van der Waals surface area contributed by atoms with Crippen LogP contribution < -0.4 is 0 Å². The lowest BCUT2D eigenvalue weighted by Crippen LogP contribution is -2.26. The van der Waals surface area contributed by atoms with Crippen LogP contribution in [-0.4, -0.2) is 35.3 Å². The molecule has 0 unspecified atom stereocenters. The molecule has 0 bridgehead atoms. The van der Waals surface area contributed by atoms with Crippen LogP contribution >= 0.6 is 27.5 Å². The summed E-state index contributed by atoms with van der Waals surface area (Å²) >= 11 is 9.51. The van der Waals surface area contributed by atoms with E-state index in [1.54, 1.807) is 13.1 Å². The van der Waals surface area contributed by atoms with Crippen LogP contribution in [0.5, 0.6) is 0 Å². The minimum atomic E-state index is -0.255. The molecule has 1 amide bonds. The minimum Gasteiger partial charge on any atom is -0.281 e. The maximum absolute atomic E-state index is 12.1. The zero-order valence-corrected chi connectivity index (χ0v) is 13.3. The van der Waals surface area contributed by atoms with Gasteiger partial charge in [0.1, 0.15) is 0 Å². The molecule has 2 rings (SSSR count). The second-order valence-corrected chi connectivity index (χ2v) is 5.34. The molecular formula is C13H13BrClN3O2. The van der Waals surface area contributed by atoms with Crippen LogP contribution in [0, 0.1) is 0 Å². The van der Waals surface area contributed by atoms with Gasteiger partial charge in [-0.2, -0.15) is 5.10 Å². The van der Waals surface area contributed by atoms with E-state index in [1.807, 2.05) is 12.1 Å². The zero-order valence-electron chi connectivity index (χ0n) is 11.0. The number of H-pyrrole nitrogens is 1. The van der Waals surface area contributed by atoms with Gasteiger partial charge in [-0.15, -0.1) is 0 Å². The lowest BCUT2D eigenvalue weighted by Gasteiger charge is -2.13. The summed E-state index contributed by atoms with van der Waals surface area (Å²) in [6.07, 6.45) is 2.01. The number of halogens is 2. The highest BCUT2D eigenvalue weighted by molar-refractivity contribution is 9.10. The molecule has 0 radical (unpaired) electrons. The van der Waals surface area contributed by atoms with E-state index in [0.29, 0.717) is 22.7 Å². The van der Waals surface area contributed by atoms with Gasteiger partial charge in [-0.1, -0.05) is 23.7 Å². The van der Waals surface area contributed by atoms with Crippen LogP contribution in [-0.2, 0) is 11.3 Å². The maximum atomic E-state index is 12.1. The Hall–Kier alpha value is -1.37. The third-order valence-electron chi connectivity index (χ3n) is 2.91. The smallest absolute Gasteiger partial charge is 0.280 e. The average molecular weight is 359 g/mol. The van der Waals surface area contributed by atoms with Crippen molar-refractivity contribution < 1.29 is 9.63 Å². The summed E-state index contributed by atoms with van der Waals surface area (Å²) < 4.78 is 0.815. The monoisotopic (exact) mass is 357 g/mol. The number of amides is 1. The normalized spacial score (nSPS) is 10.6. The molecule has 106 valence electrons. The van der Waals surface area contributed by atoms with Gasteiger partial charge in [-0.3, -0.25) is 14.7 Å². The molecule has 0 fully saturated rings. The summed E-state index contributed by atoms with van der Waals surface area (Å²) in [5.41, 5.74) is 2.15. The van der Waals surface area contributed by atoms with Crippen LogP contribution in [0.25, 0.3) is 0 Å². The quantitative estimate of drug-likeness (QED) is 0.855. The molecule has 2 aromatic rings. The zero-order chi connectivity index (χ0) is 14.7. The number of nitrogens with one attached hydrogen (secondary N) is 1. The van der Waals surface area contributed by atoms with Gasteiger partial charge in [0.25, 0.3) is 5.91 Å². The summed E-state index contributed by atoms with van der Waals surface area (Å²) in [5.74, 6) is -0.255. The van der Waals surface area contributed by atoms with E-state index in [0.717, 1.165) is 15.1 Å². The first-order valence-corrected chi connectivity index (χ1v) is 6.99. The molecular weight excluding hydrogens is 346 g/mol. The Balaban J connectivity index is 2.29. The van der Waals surface area contributed by atoms with Crippen LogP contribution in [0.2, 0.25) is 5.02 Å². The largest absolute Gasteiger partial charge is 0.281 e. The third kappa shape index (κ3) is 3.03. The summed E-state index contributed by atoms with van der Waals surface area (Å²) in [6, 6.07) is 5.60. The van der Waals surface area contributed by atoms with Crippen molar-refractivity contribution in [3.8, 4) is 0 Å². The van der Waals surface area contributed by atoms with Crippen molar-refractivity contribution in [1.29, 1.82) is 0 Å². The Morgan fingerprint density at radius 2 is 2.30 bits per heavy atom. The fourth-order valence-corrected chi connectivity index (χ4v) is 2.36. The van der Waals surface area contributed by atoms with Crippen molar-refractivity contribution in [2.24, 2.45) is 0 Å². The van der Waals surface area contributed by atoms with E-state index >= 15 is 0 Å². The molecule has 0 aliphatic rings. The number of carbonyl (C=O) groups excluding carboxylic acids is 1. The SMILES string of the molecule is CON(C)C(=O)c1cn[nH]c1Cc1cccc(Cl)c1Br. The van der Waals surface area contributed by atoms with Gasteiger partial charge >= 0.3 is 0 Å². The number of hydrogen-bond donors (Lipinski definition) is 1. The molecule has 0 atom stereocenters. The highest BCUT2D eigenvalue weighted by Crippen LogP contribution is 2.28. The molecule has 1 aromatic carbocycles.